The van der Waals surface area contributed by atoms with Crippen molar-refractivity contribution in [3.63, 3.8) is 0 Å². The zero-order chi connectivity index (χ0) is 16.2. The van der Waals surface area contributed by atoms with Crippen molar-refractivity contribution in [2.45, 2.75) is 53.2 Å². The number of nitrogens with one attached hydrogen (secondary N) is 1. The minimum atomic E-state index is -0.683. The molecule has 1 atom stereocenters. The van der Waals surface area contributed by atoms with E-state index in [1.54, 1.807) is 33.0 Å². The quantitative estimate of drug-likeness (QED) is 0.866. The Bertz CT molecular complexity index is 518. The van der Waals surface area contributed by atoms with Crippen LogP contribution in [0.25, 0.3) is 0 Å². The molecule has 0 aromatic carbocycles. The van der Waals surface area contributed by atoms with Gasteiger partial charge in [0.25, 0.3) is 5.91 Å². The summed E-state index contributed by atoms with van der Waals surface area (Å²) in [6.45, 7) is 11.0. The van der Waals surface area contributed by atoms with Crippen LogP contribution in [-0.4, -0.2) is 28.5 Å². The maximum Gasteiger partial charge on any atom is 0.329 e. The zero-order valence-electron chi connectivity index (χ0n) is 13.6. The molecular weight excluding hydrogens is 268 g/mol. The lowest BCUT2D eigenvalue weighted by molar-refractivity contribution is -0.158. The number of carbonyl (C=O) groups excluding carboxylic acids is 2. The van der Waals surface area contributed by atoms with Crippen LogP contribution in [0.15, 0.2) is 18.5 Å². The van der Waals surface area contributed by atoms with Crippen molar-refractivity contribution in [1.29, 1.82) is 0 Å². The number of ether oxygens (including phenoxy) is 1. The molecule has 0 aliphatic heterocycles. The number of rotatable bonds is 4. The third-order valence-electron chi connectivity index (χ3n) is 2.75. The number of carbonyl (C=O) groups is 2. The zero-order valence-corrected chi connectivity index (χ0v) is 13.6. The van der Waals surface area contributed by atoms with Crippen LogP contribution in [0.1, 0.15) is 50.5 Å². The molecule has 0 aliphatic carbocycles. The number of pyridine rings is 1. The van der Waals surface area contributed by atoms with Crippen LogP contribution in [0.4, 0.5) is 0 Å². The Morgan fingerprint density at radius 1 is 1.24 bits per heavy atom. The van der Waals surface area contributed by atoms with E-state index >= 15 is 0 Å². The molecule has 0 unspecified atom stereocenters. The number of amides is 1. The fraction of sp³-hybridized carbons (Fsp3) is 0.562. The second-order valence-corrected chi connectivity index (χ2v) is 6.48. The SMILES string of the molecule is Cc1cncc(C(=O)N[C@H](C(=O)OC(C)(C)C)C(C)C)c1. The van der Waals surface area contributed by atoms with Gasteiger partial charge >= 0.3 is 5.97 Å². The first-order valence-electron chi connectivity index (χ1n) is 7.05. The standard InChI is InChI=1S/C16H24N2O3/c1-10(2)13(15(20)21-16(4,5)6)18-14(19)12-7-11(3)8-17-9-12/h7-10,13H,1-6H3,(H,18,19)/t13-/m0/s1. The second-order valence-electron chi connectivity index (χ2n) is 6.48. The van der Waals surface area contributed by atoms with E-state index in [-0.39, 0.29) is 11.8 Å². The van der Waals surface area contributed by atoms with Crippen LogP contribution in [0.2, 0.25) is 0 Å². The van der Waals surface area contributed by atoms with E-state index < -0.39 is 17.6 Å². The van der Waals surface area contributed by atoms with Gasteiger partial charge in [0.1, 0.15) is 11.6 Å². The molecule has 1 heterocycles. The number of nitrogens with zero attached hydrogens (tertiary/aromatic N) is 1. The molecule has 0 fully saturated rings. The van der Waals surface area contributed by atoms with Crippen molar-refractivity contribution in [3.8, 4) is 0 Å². The molecule has 0 saturated heterocycles. The molecule has 1 rings (SSSR count). The fourth-order valence-corrected chi connectivity index (χ4v) is 1.77. The molecule has 1 amide bonds. The van der Waals surface area contributed by atoms with Gasteiger partial charge in [0.2, 0.25) is 0 Å². The smallest absolute Gasteiger partial charge is 0.329 e. The lowest BCUT2D eigenvalue weighted by Gasteiger charge is -2.26. The predicted molar refractivity (Wildman–Crippen MR) is 80.9 cm³/mol. The maximum atomic E-state index is 12.2. The first-order valence-corrected chi connectivity index (χ1v) is 7.05. The summed E-state index contributed by atoms with van der Waals surface area (Å²) in [6.07, 6.45) is 3.15. The summed E-state index contributed by atoms with van der Waals surface area (Å²) in [5, 5.41) is 2.73. The van der Waals surface area contributed by atoms with Crippen molar-refractivity contribution >= 4 is 11.9 Å². The molecule has 0 aliphatic rings. The number of hydrogen-bond donors (Lipinski definition) is 1. The van der Waals surface area contributed by atoms with Crippen LogP contribution in [-0.2, 0) is 9.53 Å². The Kier molecular flexibility index (Phi) is 5.47. The average molecular weight is 292 g/mol. The number of hydrogen-bond acceptors (Lipinski definition) is 4. The molecule has 0 radical (unpaired) electrons. The highest BCUT2D eigenvalue weighted by atomic mass is 16.6. The van der Waals surface area contributed by atoms with E-state index in [1.807, 2.05) is 20.8 Å². The molecule has 21 heavy (non-hydrogen) atoms. The molecular formula is C16H24N2O3. The van der Waals surface area contributed by atoms with Gasteiger partial charge in [-0.1, -0.05) is 13.8 Å². The van der Waals surface area contributed by atoms with Crippen molar-refractivity contribution in [3.05, 3.63) is 29.6 Å². The largest absolute Gasteiger partial charge is 0.458 e. The van der Waals surface area contributed by atoms with Gasteiger partial charge in [0.15, 0.2) is 0 Å². The number of esters is 1. The van der Waals surface area contributed by atoms with E-state index in [0.717, 1.165) is 5.56 Å². The van der Waals surface area contributed by atoms with Gasteiger partial charge in [-0.25, -0.2) is 4.79 Å². The Morgan fingerprint density at radius 3 is 2.33 bits per heavy atom. The second kappa shape index (κ2) is 6.70. The van der Waals surface area contributed by atoms with E-state index in [9.17, 15) is 9.59 Å². The van der Waals surface area contributed by atoms with Crippen LogP contribution >= 0.6 is 0 Å². The van der Waals surface area contributed by atoms with E-state index in [0.29, 0.717) is 5.56 Å². The topological polar surface area (TPSA) is 68.3 Å². The molecule has 116 valence electrons. The van der Waals surface area contributed by atoms with Gasteiger partial charge in [0, 0.05) is 12.4 Å². The molecule has 5 nitrogen and oxygen atoms in total. The van der Waals surface area contributed by atoms with Gasteiger partial charge < -0.3 is 10.1 Å². The molecule has 0 saturated carbocycles. The first kappa shape index (κ1) is 17.1. The Morgan fingerprint density at radius 2 is 1.86 bits per heavy atom. The fourth-order valence-electron chi connectivity index (χ4n) is 1.77. The van der Waals surface area contributed by atoms with Crippen LogP contribution in [0.5, 0.6) is 0 Å². The van der Waals surface area contributed by atoms with E-state index in [2.05, 4.69) is 10.3 Å². The summed E-state index contributed by atoms with van der Waals surface area (Å²) in [5.41, 5.74) is 0.741. The third-order valence-corrected chi connectivity index (χ3v) is 2.75. The van der Waals surface area contributed by atoms with Crippen molar-refractivity contribution < 1.29 is 14.3 Å². The highest BCUT2D eigenvalue weighted by molar-refractivity contribution is 5.96. The lowest BCUT2D eigenvalue weighted by atomic mass is 10.0. The lowest BCUT2D eigenvalue weighted by Crippen LogP contribution is -2.47. The summed E-state index contributed by atoms with van der Waals surface area (Å²) in [6, 6.07) is 1.05. The van der Waals surface area contributed by atoms with Crippen molar-refractivity contribution in [2.75, 3.05) is 0 Å². The van der Waals surface area contributed by atoms with E-state index in [1.165, 1.54) is 6.20 Å². The van der Waals surface area contributed by atoms with E-state index in [4.69, 9.17) is 4.74 Å². The minimum Gasteiger partial charge on any atom is -0.458 e. The summed E-state index contributed by atoms with van der Waals surface area (Å²) < 4.78 is 5.35. The summed E-state index contributed by atoms with van der Waals surface area (Å²) in [7, 11) is 0. The molecule has 5 heteroatoms. The number of aromatic nitrogens is 1. The Labute approximate surface area is 126 Å². The van der Waals surface area contributed by atoms with Crippen molar-refractivity contribution in [2.24, 2.45) is 5.92 Å². The van der Waals surface area contributed by atoms with Crippen LogP contribution in [0.3, 0.4) is 0 Å². The predicted octanol–water partition coefficient (Wildman–Crippen LogP) is 2.49. The van der Waals surface area contributed by atoms with Gasteiger partial charge in [-0.3, -0.25) is 9.78 Å². The molecule has 0 bridgehead atoms. The highest BCUT2D eigenvalue weighted by Crippen LogP contribution is 2.13. The third kappa shape index (κ3) is 5.53. The molecule has 1 aromatic heterocycles. The molecule has 1 aromatic rings. The van der Waals surface area contributed by atoms with Gasteiger partial charge in [0.05, 0.1) is 5.56 Å². The Hall–Kier alpha value is -1.91. The Balaban J connectivity index is 2.84. The summed E-state index contributed by atoms with van der Waals surface area (Å²) >= 11 is 0. The molecule has 1 N–H and O–H groups in total. The summed E-state index contributed by atoms with van der Waals surface area (Å²) in [4.78, 5) is 28.4. The van der Waals surface area contributed by atoms with Gasteiger partial charge in [-0.05, 0) is 45.2 Å². The summed E-state index contributed by atoms with van der Waals surface area (Å²) in [5.74, 6) is -0.816. The molecule has 0 spiro atoms. The maximum absolute atomic E-state index is 12.2. The van der Waals surface area contributed by atoms with Crippen LogP contribution < -0.4 is 5.32 Å². The highest BCUT2D eigenvalue weighted by Gasteiger charge is 2.29. The number of aryl methyl sites for hydroxylation is 1. The normalized spacial score (nSPS) is 12.9. The van der Waals surface area contributed by atoms with Gasteiger partial charge in [-0.15, -0.1) is 0 Å². The van der Waals surface area contributed by atoms with Crippen molar-refractivity contribution in [1.82, 2.24) is 10.3 Å². The first-order chi connectivity index (χ1) is 9.60. The van der Waals surface area contributed by atoms with Crippen LogP contribution in [0, 0.1) is 12.8 Å². The average Bonchev–Trinajstić information content (AvgIpc) is 2.32. The minimum absolute atomic E-state index is 0.0680. The monoisotopic (exact) mass is 292 g/mol. The van der Waals surface area contributed by atoms with Gasteiger partial charge in [-0.2, -0.15) is 0 Å².